The van der Waals surface area contributed by atoms with Crippen LogP contribution in [0, 0.1) is 0 Å². The van der Waals surface area contributed by atoms with Crippen LogP contribution in [0.2, 0.25) is 0 Å². The first kappa shape index (κ1) is 10.7. The lowest BCUT2D eigenvalue weighted by atomic mass is 10.2. The summed E-state index contributed by atoms with van der Waals surface area (Å²) in [6.45, 7) is 0.723. The molecule has 2 rings (SSSR count). The number of carbonyl (C=O) groups is 1. The molecule has 0 aliphatic carbocycles. The Morgan fingerprint density at radius 1 is 1.31 bits per heavy atom. The summed E-state index contributed by atoms with van der Waals surface area (Å²) in [5, 5.41) is 14.0. The fourth-order valence-electron chi connectivity index (χ4n) is 1.36. The summed E-state index contributed by atoms with van der Waals surface area (Å²) in [5.74, 6) is -0.903. The average Bonchev–Trinajstić information content (AvgIpc) is 2.79. The summed E-state index contributed by atoms with van der Waals surface area (Å²) in [6, 6.07) is 10.9. The molecule has 0 fully saturated rings. The van der Waals surface area contributed by atoms with Crippen LogP contribution in [0.1, 0.15) is 15.2 Å². The van der Waals surface area contributed by atoms with E-state index in [0.717, 1.165) is 12.2 Å². The van der Waals surface area contributed by atoms with Crippen LogP contribution < -0.4 is 5.32 Å². The highest BCUT2D eigenvalue weighted by Crippen LogP contribution is 2.14. The highest BCUT2D eigenvalue weighted by Gasteiger charge is 2.02. The second-order valence-electron chi connectivity index (χ2n) is 3.32. The maximum Gasteiger partial charge on any atom is 0.335 e. The normalized spacial score (nSPS) is 10.0. The predicted molar refractivity (Wildman–Crippen MR) is 65.0 cm³/mol. The van der Waals surface area contributed by atoms with Crippen molar-refractivity contribution in [2.24, 2.45) is 0 Å². The minimum absolute atomic E-state index is 0.302. The first-order valence-electron chi connectivity index (χ1n) is 4.85. The van der Waals surface area contributed by atoms with Crippen LogP contribution in [-0.4, -0.2) is 11.1 Å². The molecule has 1 heterocycles. The Hall–Kier alpha value is -1.81. The standard InChI is InChI=1S/C12H11NO2S/c14-12(15)9-3-1-4-10(7-9)13-8-11-5-2-6-16-11/h1-7,13H,8H2,(H,14,15). The molecule has 0 aliphatic rings. The van der Waals surface area contributed by atoms with Gasteiger partial charge in [0.2, 0.25) is 0 Å². The summed E-state index contributed by atoms with van der Waals surface area (Å²) in [4.78, 5) is 12.0. The summed E-state index contributed by atoms with van der Waals surface area (Å²) >= 11 is 1.67. The molecule has 0 saturated heterocycles. The number of anilines is 1. The van der Waals surface area contributed by atoms with E-state index < -0.39 is 5.97 Å². The van der Waals surface area contributed by atoms with Crippen LogP contribution in [0.25, 0.3) is 0 Å². The van der Waals surface area contributed by atoms with Gasteiger partial charge in [-0.05, 0) is 29.6 Å². The van der Waals surface area contributed by atoms with E-state index in [1.807, 2.05) is 23.6 Å². The molecule has 4 heteroatoms. The molecule has 2 aromatic rings. The average molecular weight is 233 g/mol. The van der Waals surface area contributed by atoms with E-state index in [9.17, 15) is 4.79 Å². The van der Waals surface area contributed by atoms with Gasteiger partial charge in [0, 0.05) is 17.1 Å². The van der Waals surface area contributed by atoms with Gasteiger partial charge in [0.1, 0.15) is 0 Å². The SMILES string of the molecule is O=C(O)c1cccc(NCc2cccs2)c1. The van der Waals surface area contributed by atoms with Crippen molar-refractivity contribution in [1.29, 1.82) is 0 Å². The number of aromatic carboxylic acids is 1. The van der Waals surface area contributed by atoms with Gasteiger partial charge in [-0.2, -0.15) is 0 Å². The van der Waals surface area contributed by atoms with Crippen molar-refractivity contribution < 1.29 is 9.90 Å². The number of rotatable bonds is 4. The summed E-state index contributed by atoms with van der Waals surface area (Å²) in [5.41, 5.74) is 1.13. The van der Waals surface area contributed by atoms with Crippen LogP contribution >= 0.6 is 11.3 Å². The van der Waals surface area contributed by atoms with Crippen molar-refractivity contribution in [2.45, 2.75) is 6.54 Å². The van der Waals surface area contributed by atoms with Gasteiger partial charge in [-0.15, -0.1) is 11.3 Å². The van der Waals surface area contributed by atoms with E-state index in [4.69, 9.17) is 5.11 Å². The number of hydrogen-bond acceptors (Lipinski definition) is 3. The second-order valence-corrected chi connectivity index (χ2v) is 4.35. The molecule has 82 valence electrons. The van der Waals surface area contributed by atoms with Gasteiger partial charge in [-0.25, -0.2) is 4.79 Å². The number of thiophene rings is 1. The molecular weight excluding hydrogens is 222 g/mol. The monoisotopic (exact) mass is 233 g/mol. The molecule has 3 nitrogen and oxygen atoms in total. The third kappa shape index (κ3) is 2.61. The fourth-order valence-corrected chi connectivity index (χ4v) is 2.01. The van der Waals surface area contributed by atoms with Crippen LogP contribution in [0.5, 0.6) is 0 Å². The van der Waals surface area contributed by atoms with Gasteiger partial charge in [0.15, 0.2) is 0 Å². The molecule has 0 atom stereocenters. The number of hydrogen-bond donors (Lipinski definition) is 2. The minimum atomic E-state index is -0.903. The van der Waals surface area contributed by atoms with E-state index in [0.29, 0.717) is 5.56 Å². The van der Waals surface area contributed by atoms with E-state index in [1.165, 1.54) is 4.88 Å². The van der Waals surface area contributed by atoms with Gasteiger partial charge in [0.05, 0.1) is 5.56 Å². The molecule has 0 amide bonds. The lowest BCUT2D eigenvalue weighted by molar-refractivity contribution is 0.0697. The molecule has 0 spiro atoms. The first-order valence-corrected chi connectivity index (χ1v) is 5.73. The zero-order chi connectivity index (χ0) is 11.4. The highest BCUT2D eigenvalue weighted by molar-refractivity contribution is 7.09. The van der Waals surface area contributed by atoms with Gasteiger partial charge < -0.3 is 10.4 Å². The van der Waals surface area contributed by atoms with E-state index in [-0.39, 0.29) is 0 Å². The van der Waals surface area contributed by atoms with Crippen molar-refractivity contribution in [3.8, 4) is 0 Å². The van der Waals surface area contributed by atoms with Crippen LogP contribution in [0.15, 0.2) is 41.8 Å². The predicted octanol–water partition coefficient (Wildman–Crippen LogP) is 3.06. The molecule has 2 N–H and O–H groups in total. The van der Waals surface area contributed by atoms with Crippen LogP contribution in [-0.2, 0) is 6.54 Å². The molecule has 0 unspecified atom stereocenters. The van der Waals surface area contributed by atoms with Crippen molar-refractivity contribution >= 4 is 23.0 Å². The maximum absolute atomic E-state index is 10.8. The quantitative estimate of drug-likeness (QED) is 0.853. The molecule has 0 bridgehead atoms. The Balaban J connectivity index is 2.04. The lowest BCUT2D eigenvalue weighted by Crippen LogP contribution is -2.00. The van der Waals surface area contributed by atoms with E-state index >= 15 is 0 Å². The Morgan fingerprint density at radius 3 is 2.88 bits per heavy atom. The summed E-state index contributed by atoms with van der Waals surface area (Å²) in [7, 11) is 0. The van der Waals surface area contributed by atoms with Crippen molar-refractivity contribution in [2.75, 3.05) is 5.32 Å². The zero-order valence-corrected chi connectivity index (χ0v) is 9.33. The van der Waals surface area contributed by atoms with Crippen LogP contribution in [0.3, 0.4) is 0 Å². The largest absolute Gasteiger partial charge is 0.478 e. The van der Waals surface area contributed by atoms with Crippen molar-refractivity contribution in [3.05, 3.63) is 52.2 Å². The van der Waals surface area contributed by atoms with E-state index in [2.05, 4.69) is 5.32 Å². The van der Waals surface area contributed by atoms with Gasteiger partial charge in [-0.1, -0.05) is 12.1 Å². The molecule has 1 aromatic heterocycles. The Kier molecular flexibility index (Phi) is 3.22. The van der Waals surface area contributed by atoms with E-state index in [1.54, 1.807) is 29.5 Å². The van der Waals surface area contributed by atoms with Gasteiger partial charge in [-0.3, -0.25) is 0 Å². The highest BCUT2D eigenvalue weighted by atomic mass is 32.1. The first-order chi connectivity index (χ1) is 7.75. The maximum atomic E-state index is 10.8. The number of benzene rings is 1. The smallest absolute Gasteiger partial charge is 0.335 e. The van der Waals surface area contributed by atoms with Crippen molar-refractivity contribution in [1.82, 2.24) is 0 Å². The molecule has 0 aliphatic heterocycles. The summed E-state index contributed by atoms with van der Waals surface area (Å²) < 4.78 is 0. The molecular formula is C12H11NO2S. The number of carboxylic acid groups (broad SMARTS) is 1. The topological polar surface area (TPSA) is 49.3 Å². The zero-order valence-electron chi connectivity index (χ0n) is 8.51. The fraction of sp³-hybridized carbons (Fsp3) is 0.0833. The van der Waals surface area contributed by atoms with Crippen molar-refractivity contribution in [3.63, 3.8) is 0 Å². The minimum Gasteiger partial charge on any atom is -0.478 e. The Labute approximate surface area is 97.4 Å². The second kappa shape index (κ2) is 4.81. The van der Waals surface area contributed by atoms with Gasteiger partial charge >= 0.3 is 5.97 Å². The van der Waals surface area contributed by atoms with Gasteiger partial charge in [0.25, 0.3) is 0 Å². The molecule has 0 saturated carbocycles. The third-order valence-corrected chi connectivity index (χ3v) is 3.03. The Bertz CT molecular complexity index is 480. The molecule has 0 radical (unpaired) electrons. The molecule has 1 aromatic carbocycles. The molecule has 16 heavy (non-hydrogen) atoms. The Morgan fingerprint density at radius 2 is 2.19 bits per heavy atom. The number of nitrogens with one attached hydrogen (secondary N) is 1. The van der Waals surface area contributed by atoms with Crippen LogP contribution in [0.4, 0.5) is 5.69 Å². The number of carboxylic acids is 1. The third-order valence-electron chi connectivity index (χ3n) is 2.16. The lowest BCUT2D eigenvalue weighted by Gasteiger charge is -2.05. The summed E-state index contributed by atoms with van der Waals surface area (Å²) in [6.07, 6.45) is 0.